The third-order valence-corrected chi connectivity index (χ3v) is 5.97. The molecule has 0 unspecified atom stereocenters. The number of benzene rings is 3. The van der Waals surface area contributed by atoms with Crippen LogP contribution in [-0.4, -0.2) is 25.8 Å². The quantitative estimate of drug-likeness (QED) is 0.418. The minimum absolute atomic E-state index is 0.00522. The Morgan fingerprint density at radius 1 is 0.645 bits per heavy atom. The minimum atomic E-state index is 0.00522. The van der Waals surface area contributed by atoms with E-state index in [0.29, 0.717) is 0 Å². The smallest absolute Gasteiger partial charge is 0.260 e. The molecule has 0 fully saturated rings. The van der Waals surface area contributed by atoms with Crippen molar-refractivity contribution in [1.29, 1.82) is 0 Å². The average Bonchev–Trinajstić information content (AvgIpc) is 3.53. The van der Waals surface area contributed by atoms with Gasteiger partial charge in [-0.25, -0.2) is 9.97 Å². The molecule has 0 radical (unpaired) electrons. The Bertz CT molecular complexity index is 1340. The van der Waals surface area contributed by atoms with Crippen LogP contribution in [0.3, 0.4) is 0 Å². The number of nitrogens with zero attached hydrogens (tertiary/aromatic N) is 4. The van der Waals surface area contributed by atoms with Crippen molar-refractivity contribution in [3.63, 3.8) is 0 Å². The zero-order valence-electron chi connectivity index (χ0n) is 16.3. The van der Waals surface area contributed by atoms with Gasteiger partial charge in [0.2, 0.25) is 0 Å². The fraction of sp³-hybridized carbons (Fsp3) is 0. The van der Waals surface area contributed by atoms with Crippen LogP contribution < -0.4 is 25.9 Å². The van der Waals surface area contributed by atoms with Crippen molar-refractivity contribution in [2.75, 3.05) is 0 Å². The van der Waals surface area contributed by atoms with Gasteiger partial charge in [-0.05, 0) is 59.5 Å². The van der Waals surface area contributed by atoms with Crippen molar-refractivity contribution in [2.24, 2.45) is 0 Å². The first-order chi connectivity index (χ1) is 15.3. The highest BCUT2D eigenvalue weighted by Gasteiger charge is 2.40. The van der Waals surface area contributed by atoms with Gasteiger partial charge in [0.1, 0.15) is 23.0 Å². The van der Waals surface area contributed by atoms with E-state index in [2.05, 4.69) is 34.2 Å². The summed E-state index contributed by atoms with van der Waals surface area (Å²) in [6, 6.07) is 18.5. The molecule has 146 valence electrons. The van der Waals surface area contributed by atoms with Crippen molar-refractivity contribution < 1.29 is 9.47 Å². The molecule has 0 spiro atoms. The number of hydrogen-bond acceptors (Lipinski definition) is 4. The summed E-state index contributed by atoms with van der Waals surface area (Å²) < 4.78 is 16.6. The summed E-state index contributed by atoms with van der Waals surface area (Å²) in [5, 5.41) is 0. The SMILES string of the molecule is c1cc2c3c(c1)Oc1ccc(-n4ccnc4)cc1B3c1cc(-n3ccnc3)ccc1O2. The van der Waals surface area contributed by atoms with Gasteiger partial charge in [-0.3, -0.25) is 0 Å². The Kier molecular flexibility index (Phi) is 3.26. The van der Waals surface area contributed by atoms with Crippen LogP contribution in [0.2, 0.25) is 0 Å². The van der Waals surface area contributed by atoms with E-state index in [9.17, 15) is 0 Å². The van der Waals surface area contributed by atoms with Crippen molar-refractivity contribution in [3.05, 3.63) is 92.0 Å². The number of ether oxygens (including phenoxy) is 2. The van der Waals surface area contributed by atoms with Gasteiger partial charge in [-0.2, -0.15) is 0 Å². The Balaban J connectivity index is 1.48. The predicted octanol–water partition coefficient (Wildman–Crippen LogP) is 2.79. The monoisotopic (exact) mass is 402 g/mol. The van der Waals surface area contributed by atoms with Gasteiger partial charge < -0.3 is 18.6 Å². The van der Waals surface area contributed by atoms with Crippen molar-refractivity contribution in [2.45, 2.75) is 0 Å². The van der Waals surface area contributed by atoms with Gasteiger partial charge in [0, 0.05) is 41.6 Å². The summed E-state index contributed by atoms with van der Waals surface area (Å²) in [6.45, 7) is 0.00522. The van der Waals surface area contributed by atoms with Gasteiger partial charge >= 0.3 is 0 Å². The van der Waals surface area contributed by atoms with Gasteiger partial charge in [-0.15, -0.1) is 0 Å². The van der Waals surface area contributed by atoms with Crippen LogP contribution in [0.25, 0.3) is 11.4 Å². The lowest BCUT2D eigenvalue weighted by atomic mass is 9.35. The summed E-state index contributed by atoms with van der Waals surface area (Å²) >= 11 is 0. The zero-order chi connectivity index (χ0) is 20.4. The summed E-state index contributed by atoms with van der Waals surface area (Å²) in [4.78, 5) is 8.38. The Morgan fingerprint density at radius 2 is 1.19 bits per heavy atom. The summed E-state index contributed by atoms with van der Waals surface area (Å²) in [7, 11) is 0. The molecule has 6 nitrogen and oxygen atoms in total. The average molecular weight is 402 g/mol. The molecule has 0 aliphatic carbocycles. The van der Waals surface area contributed by atoms with Crippen LogP contribution in [0.5, 0.6) is 23.0 Å². The molecular formula is C24H15BN4O2. The maximum Gasteiger partial charge on any atom is 0.260 e. The molecule has 7 heteroatoms. The third kappa shape index (κ3) is 2.40. The Hall–Kier alpha value is -4.26. The van der Waals surface area contributed by atoms with Crippen molar-refractivity contribution in [1.82, 2.24) is 19.1 Å². The topological polar surface area (TPSA) is 54.1 Å². The second kappa shape index (κ2) is 6.12. The number of fused-ring (bicyclic) bond motifs is 4. The lowest BCUT2D eigenvalue weighted by molar-refractivity contribution is 0.464. The highest BCUT2D eigenvalue weighted by Crippen LogP contribution is 2.35. The first kappa shape index (κ1) is 16.5. The first-order valence-corrected chi connectivity index (χ1v) is 10.1. The van der Waals surface area contributed by atoms with E-state index in [4.69, 9.17) is 9.47 Å². The molecule has 2 aromatic heterocycles. The van der Waals surface area contributed by atoms with E-state index in [-0.39, 0.29) is 6.71 Å². The number of rotatable bonds is 2. The lowest BCUT2D eigenvalue weighted by Crippen LogP contribution is -2.57. The standard InChI is InChI=1S/C24H15BN4O2/c1-2-22-24-23(3-1)31-21-7-5-17(29-11-9-27-15-29)13-19(21)25(24)18-12-16(4-6-20(18)30-22)28-10-8-26-14-28/h1-15H. The van der Waals surface area contributed by atoms with Crippen LogP contribution in [0.4, 0.5) is 0 Å². The highest BCUT2D eigenvalue weighted by molar-refractivity contribution is 6.98. The Morgan fingerprint density at radius 3 is 1.68 bits per heavy atom. The highest BCUT2D eigenvalue weighted by atomic mass is 16.5. The molecule has 0 saturated heterocycles. The molecule has 0 N–H and O–H groups in total. The lowest BCUT2D eigenvalue weighted by Gasteiger charge is -2.33. The normalized spacial score (nSPS) is 13.0. The third-order valence-electron chi connectivity index (χ3n) is 5.97. The van der Waals surface area contributed by atoms with Crippen LogP contribution in [-0.2, 0) is 0 Å². The van der Waals surface area contributed by atoms with Crippen LogP contribution >= 0.6 is 0 Å². The molecule has 31 heavy (non-hydrogen) atoms. The zero-order valence-corrected chi connectivity index (χ0v) is 16.3. The molecule has 4 heterocycles. The molecule has 3 aromatic carbocycles. The minimum Gasteiger partial charge on any atom is -0.458 e. The maximum atomic E-state index is 6.29. The van der Waals surface area contributed by atoms with E-state index in [1.807, 2.05) is 51.9 Å². The van der Waals surface area contributed by atoms with Crippen LogP contribution in [0, 0.1) is 0 Å². The molecule has 0 bridgehead atoms. The first-order valence-electron chi connectivity index (χ1n) is 10.1. The molecule has 0 saturated carbocycles. The fourth-order valence-corrected chi connectivity index (χ4v) is 4.56. The molecule has 2 aliphatic heterocycles. The Labute approximate surface area is 178 Å². The summed E-state index contributed by atoms with van der Waals surface area (Å²) in [6.07, 6.45) is 11.1. The summed E-state index contributed by atoms with van der Waals surface area (Å²) in [5.41, 5.74) is 5.36. The van der Waals surface area contributed by atoms with E-state index >= 15 is 0 Å². The van der Waals surface area contributed by atoms with Gasteiger partial charge in [-0.1, -0.05) is 6.07 Å². The van der Waals surface area contributed by atoms with E-state index < -0.39 is 0 Å². The summed E-state index contributed by atoms with van der Waals surface area (Å²) in [5.74, 6) is 3.40. The molecule has 5 aromatic rings. The van der Waals surface area contributed by atoms with Gasteiger partial charge in [0.25, 0.3) is 6.71 Å². The van der Waals surface area contributed by atoms with Gasteiger partial charge in [0.05, 0.1) is 12.7 Å². The van der Waals surface area contributed by atoms with Crippen LogP contribution in [0.1, 0.15) is 0 Å². The largest absolute Gasteiger partial charge is 0.458 e. The van der Waals surface area contributed by atoms with E-state index in [1.54, 1.807) is 25.0 Å². The molecular weight excluding hydrogens is 387 g/mol. The van der Waals surface area contributed by atoms with E-state index in [1.165, 1.54) is 0 Å². The van der Waals surface area contributed by atoms with Crippen molar-refractivity contribution >= 4 is 23.1 Å². The molecule has 2 aliphatic rings. The molecule has 7 rings (SSSR count). The van der Waals surface area contributed by atoms with Gasteiger partial charge in [0.15, 0.2) is 0 Å². The fourth-order valence-electron chi connectivity index (χ4n) is 4.56. The second-order valence-corrected chi connectivity index (χ2v) is 7.69. The molecule has 0 amide bonds. The van der Waals surface area contributed by atoms with Crippen LogP contribution in [0.15, 0.2) is 92.0 Å². The number of imidazole rings is 2. The number of aromatic nitrogens is 4. The number of hydrogen-bond donors (Lipinski definition) is 0. The predicted molar refractivity (Wildman–Crippen MR) is 118 cm³/mol. The molecule has 0 atom stereocenters. The van der Waals surface area contributed by atoms with E-state index in [0.717, 1.165) is 50.8 Å². The van der Waals surface area contributed by atoms with Crippen molar-refractivity contribution in [3.8, 4) is 34.4 Å². The second-order valence-electron chi connectivity index (χ2n) is 7.69. The maximum absolute atomic E-state index is 6.29.